The first kappa shape index (κ1) is 21.8. The van der Waals surface area contributed by atoms with E-state index in [9.17, 15) is 4.79 Å². The van der Waals surface area contributed by atoms with Crippen molar-refractivity contribution in [2.75, 3.05) is 59.5 Å². The van der Waals surface area contributed by atoms with Crippen LogP contribution in [0.5, 0.6) is 5.75 Å². The van der Waals surface area contributed by atoms with E-state index < -0.39 is 0 Å². The number of hydrogen-bond donors (Lipinski definition) is 0. The van der Waals surface area contributed by atoms with Gasteiger partial charge in [-0.2, -0.15) is 0 Å². The molecule has 0 aromatic heterocycles. The van der Waals surface area contributed by atoms with Gasteiger partial charge in [0.1, 0.15) is 5.75 Å². The zero-order chi connectivity index (χ0) is 21.6. The van der Waals surface area contributed by atoms with E-state index in [1.54, 1.807) is 7.11 Å². The van der Waals surface area contributed by atoms with Crippen LogP contribution in [0.15, 0.2) is 48.5 Å². The van der Waals surface area contributed by atoms with Crippen LogP contribution in [0.2, 0.25) is 0 Å². The average molecular weight is 424 g/mol. The summed E-state index contributed by atoms with van der Waals surface area (Å²) in [6, 6.07) is 16.1. The number of nitrogens with zero attached hydrogens (tertiary/aromatic N) is 3. The Bertz CT molecular complexity index is 863. The summed E-state index contributed by atoms with van der Waals surface area (Å²) in [5.41, 5.74) is 3.22. The minimum atomic E-state index is 0.137. The summed E-state index contributed by atoms with van der Waals surface area (Å²) in [6.07, 6.45) is 0.207. The predicted octanol–water partition coefficient (Wildman–Crippen LogP) is 2.66. The van der Waals surface area contributed by atoms with E-state index in [1.807, 2.05) is 48.2 Å². The second kappa shape index (κ2) is 10.3. The van der Waals surface area contributed by atoms with Gasteiger partial charge in [-0.05, 0) is 36.8 Å². The van der Waals surface area contributed by atoms with Crippen LogP contribution in [0.25, 0.3) is 0 Å². The lowest BCUT2D eigenvalue weighted by Gasteiger charge is -2.39. The molecule has 1 atom stereocenters. The standard InChI is InChI=1S/C25H33N3O3/c1-20-6-8-22(9-7-20)25(29)28-12-10-26(11-13-28)18-24-19-27(14-15-31-24)17-21-4-3-5-23(16-21)30-2/h3-9,16,24H,10-15,17-19H2,1-2H3/t24-/m0/s1. The van der Waals surface area contributed by atoms with Gasteiger partial charge >= 0.3 is 0 Å². The lowest BCUT2D eigenvalue weighted by atomic mass is 10.1. The van der Waals surface area contributed by atoms with Crippen LogP contribution in [-0.4, -0.2) is 86.2 Å². The summed E-state index contributed by atoms with van der Waals surface area (Å²) >= 11 is 0. The molecule has 166 valence electrons. The Morgan fingerprint density at radius 1 is 1.03 bits per heavy atom. The van der Waals surface area contributed by atoms with Gasteiger partial charge in [0.05, 0.1) is 19.8 Å². The number of aryl methyl sites for hydroxylation is 1. The highest BCUT2D eigenvalue weighted by Crippen LogP contribution is 2.17. The molecule has 2 aliphatic heterocycles. The highest BCUT2D eigenvalue weighted by Gasteiger charge is 2.27. The smallest absolute Gasteiger partial charge is 0.253 e. The second-order valence-corrected chi connectivity index (χ2v) is 8.54. The summed E-state index contributed by atoms with van der Waals surface area (Å²) in [6.45, 7) is 9.85. The van der Waals surface area contributed by atoms with Crippen molar-refractivity contribution in [3.8, 4) is 5.75 Å². The normalized spacial score (nSPS) is 20.6. The van der Waals surface area contributed by atoms with Crippen molar-refractivity contribution in [1.29, 1.82) is 0 Å². The molecule has 2 aliphatic rings. The van der Waals surface area contributed by atoms with Crippen molar-refractivity contribution in [3.63, 3.8) is 0 Å². The SMILES string of the molecule is COc1cccc(CN2CCO[C@@H](CN3CCN(C(=O)c4ccc(C)cc4)CC3)C2)c1. The maximum absolute atomic E-state index is 12.7. The van der Waals surface area contributed by atoms with Gasteiger partial charge < -0.3 is 14.4 Å². The van der Waals surface area contributed by atoms with Gasteiger partial charge in [0, 0.05) is 57.9 Å². The molecule has 2 heterocycles. The molecule has 0 spiro atoms. The largest absolute Gasteiger partial charge is 0.497 e. The lowest BCUT2D eigenvalue weighted by Crippen LogP contribution is -2.53. The van der Waals surface area contributed by atoms with E-state index >= 15 is 0 Å². The Morgan fingerprint density at radius 3 is 2.55 bits per heavy atom. The molecule has 6 heteroatoms. The predicted molar refractivity (Wildman–Crippen MR) is 122 cm³/mol. The fourth-order valence-corrected chi connectivity index (χ4v) is 4.36. The zero-order valence-corrected chi connectivity index (χ0v) is 18.6. The van der Waals surface area contributed by atoms with E-state index in [4.69, 9.17) is 9.47 Å². The molecule has 0 bridgehead atoms. The highest BCUT2D eigenvalue weighted by molar-refractivity contribution is 5.94. The van der Waals surface area contributed by atoms with Crippen LogP contribution in [-0.2, 0) is 11.3 Å². The van der Waals surface area contributed by atoms with E-state index in [0.717, 1.165) is 70.3 Å². The number of ether oxygens (including phenoxy) is 2. The van der Waals surface area contributed by atoms with Crippen LogP contribution < -0.4 is 4.74 Å². The molecule has 0 radical (unpaired) electrons. The van der Waals surface area contributed by atoms with Gasteiger partial charge in [0.25, 0.3) is 5.91 Å². The minimum absolute atomic E-state index is 0.137. The summed E-state index contributed by atoms with van der Waals surface area (Å²) in [4.78, 5) is 19.6. The van der Waals surface area contributed by atoms with Crippen LogP contribution >= 0.6 is 0 Å². The molecule has 0 aliphatic carbocycles. The molecule has 6 nitrogen and oxygen atoms in total. The third-order valence-electron chi connectivity index (χ3n) is 6.18. The number of morpholine rings is 1. The Labute approximate surface area is 185 Å². The number of carbonyl (C=O) groups is 1. The second-order valence-electron chi connectivity index (χ2n) is 8.54. The van der Waals surface area contributed by atoms with Gasteiger partial charge in [0.2, 0.25) is 0 Å². The monoisotopic (exact) mass is 423 g/mol. The molecular formula is C25H33N3O3. The number of methoxy groups -OCH3 is 1. The van der Waals surface area contributed by atoms with Crippen molar-refractivity contribution in [2.24, 2.45) is 0 Å². The third kappa shape index (κ3) is 5.85. The fourth-order valence-electron chi connectivity index (χ4n) is 4.36. The van der Waals surface area contributed by atoms with Gasteiger partial charge in [-0.15, -0.1) is 0 Å². The first-order valence-electron chi connectivity index (χ1n) is 11.2. The molecule has 4 rings (SSSR count). The van der Waals surface area contributed by atoms with E-state index in [0.29, 0.717) is 0 Å². The van der Waals surface area contributed by atoms with Crippen molar-refractivity contribution in [2.45, 2.75) is 19.6 Å². The molecule has 2 aromatic carbocycles. The Kier molecular flexibility index (Phi) is 7.22. The quantitative estimate of drug-likeness (QED) is 0.715. The molecule has 2 aromatic rings. The van der Waals surface area contributed by atoms with Crippen molar-refractivity contribution < 1.29 is 14.3 Å². The topological polar surface area (TPSA) is 45.3 Å². The average Bonchev–Trinajstić information content (AvgIpc) is 2.80. The Balaban J connectivity index is 1.24. The fraction of sp³-hybridized carbons (Fsp3) is 0.480. The number of amides is 1. The maximum atomic E-state index is 12.7. The molecule has 2 saturated heterocycles. The first-order chi connectivity index (χ1) is 15.1. The number of carbonyl (C=O) groups excluding carboxylic acids is 1. The minimum Gasteiger partial charge on any atom is -0.497 e. The third-order valence-corrected chi connectivity index (χ3v) is 6.18. The van der Waals surface area contributed by atoms with E-state index in [2.05, 4.69) is 21.9 Å². The van der Waals surface area contributed by atoms with E-state index in [1.165, 1.54) is 11.1 Å². The summed E-state index contributed by atoms with van der Waals surface area (Å²) in [7, 11) is 1.71. The highest BCUT2D eigenvalue weighted by atomic mass is 16.5. The lowest BCUT2D eigenvalue weighted by molar-refractivity contribution is -0.0497. The first-order valence-corrected chi connectivity index (χ1v) is 11.2. The van der Waals surface area contributed by atoms with Crippen LogP contribution in [0, 0.1) is 6.92 Å². The maximum Gasteiger partial charge on any atom is 0.253 e. The van der Waals surface area contributed by atoms with Crippen LogP contribution in [0.1, 0.15) is 21.5 Å². The summed E-state index contributed by atoms with van der Waals surface area (Å²) in [5.74, 6) is 1.04. The van der Waals surface area contributed by atoms with E-state index in [-0.39, 0.29) is 12.0 Å². The molecule has 1 amide bonds. The molecule has 31 heavy (non-hydrogen) atoms. The number of hydrogen-bond acceptors (Lipinski definition) is 5. The number of benzene rings is 2. The van der Waals surface area contributed by atoms with Crippen molar-refractivity contribution in [1.82, 2.24) is 14.7 Å². The molecule has 0 unspecified atom stereocenters. The zero-order valence-electron chi connectivity index (χ0n) is 18.6. The number of rotatable bonds is 6. The number of piperazine rings is 1. The Hall–Kier alpha value is -2.41. The van der Waals surface area contributed by atoms with Gasteiger partial charge in [-0.25, -0.2) is 0 Å². The van der Waals surface area contributed by atoms with Crippen molar-refractivity contribution >= 4 is 5.91 Å². The van der Waals surface area contributed by atoms with Crippen molar-refractivity contribution in [3.05, 3.63) is 65.2 Å². The van der Waals surface area contributed by atoms with Gasteiger partial charge in [-0.1, -0.05) is 29.8 Å². The molecular weight excluding hydrogens is 390 g/mol. The van der Waals surface area contributed by atoms with Crippen LogP contribution in [0.4, 0.5) is 0 Å². The molecule has 0 N–H and O–H groups in total. The summed E-state index contributed by atoms with van der Waals surface area (Å²) in [5, 5.41) is 0. The van der Waals surface area contributed by atoms with Gasteiger partial charge in [-0.3, -0.25) is 14.6 Å². The summed E-state index contributed by atoms with van der Waals surface area (Å²) < 4.78 is 11.4. The molecule has 0 saturated carbocycles. The van der Waals surface area contributed by atoms with Crippen LogP contribution in [0.3, 0.4) is 0 Å². The Morgan fingerprint density at radius 2 is 1.81 bits per heavy atom. The molecule has 2 fully saturated rings. The van der Waals surface area contributed by atoms with Gasteiger partial charge in [0.15, 0.2) is 0 Å².